The van der Waals surface area contributed by atoms with Crippen LogP contribution < -0.4 is 0 Å². The van der Waals surface area contributed by atoms with Crippen molar-refractivity contribution in [3.63, 3.8) is 0 Å². The van der Waals surface area contributed by atoms with Gasteiger partial charge in [-0.05, 0) is 0 Å². The molecule has 0 fully saturated rings. The molecule has 0 aliphatic rings. The maximum atomic E-state index is 7.23. The van der Waals surface area contributed by atoms with Crippen LogP contribution in [0.1, 0.15) is 0 Å². The Hall–Kier alpha value is 1.63. The maximum Gasteiger partial charge on any atom is 0.324 e. The minimum Gasteiger partial charge on any atom is -0.328 e. The molecule has 3 N–H and O–H groups in total. The SMILES string of the molecule is OP(O)O.[Ag].[V]. The third kappa shape index (κ3) is 45.3. The van der Waals surface area contributed by atoms with Crippen molar-refractivity contribution >= 4 is 8.60 Å². The molecular weight excluding hydrogens is 238 g/mol. The molecule has 0 heterocycles. The molecule has 0 aromatic carbocycles. The molecule has 0 aliphatic heterocycles. The maximum absolute atomic E-state index is 7.23. The Balaban J connectivity index is -0.0000000450. The zero-order valence-corrected chi connectivity index (χ0v) is 6.31. The Kier molecular flexibility index (Phi) is 25.6. The fourth-order valence-electron chi connectivity index (χ4n) is 0. The molecule has 0 saturated carbocycles. The van der Waals surface area contributed by atoms with E-state index < -0.39 is 8.60 Å². The van der Waals surface area contributed by atoms with Gasteiger partial charge in [-0.3, -0.25) is 0 Å². The molecule has 0 bridgehead atoms. The van der Waals surface area contributed by atoms with E-state index in [-0.39, 0.29) is 40.9 Å². The summed E-state index contributed by atoms with van der Waals surface area (Å²) < 4.78 is 0. The minimum atomic E-state index is -2.62. The first-order valence-corrected chi connectivity index (χ1v) is 1.80. The molecule has 0 aliphatic carbocycles. The summed E-state index contributed by atoms with van der Waals surface area (Å²) in [5.41, 5.74) is 0. The van der Waals surface area contributed by atoms with Gasteiger partial charge in [0.1, 0.15) is 0 Å². The van der Waals surface area contributed by atoms with Crippen LogP contribution in [0.4, 0.5) is 0 Å². The van der Waals surface area contributed by atoms with Crippen LogP contribution in [-0.4, -0.2) is 14.7 Å². The summed E-state index contributed by atoms with van der Waals surface area (Å²) in [5, 5.41) is 0. The molecule has 0 spiro atoms. The van der Waals surface area contributed by atoms with E-state index in [9.17, 15) is 0 Å². The summed E-state index contributed by atoms with van der Waals surface area (Å²) in [4.78, 5) is 21.7. The minimum absolute atomic E-state index is 0. The van der Waals surface area contributed by atoms with Crippen LogP contribution >= 0.6 is 8.60 Å². The van der Waals surface area contributed by atoms with Gasteiger partial charge < -0.3 is 14.7 Å². The van der Waals surface area contributed by atoms with Crippen molar-refractivity contribution in [2.45, 2.75) is 0 Å². The van der Waals surface area contributed by atoms with Gasteiger partial charge in [0.15, 0.2) is 0 Å². The van der Waals surface area contributed by atoms with E-state index in [0.717, 1.165) is 0 Å². The number of hydrogen-bond donors (Lipinski definition) is 3. The molecule has 0 rings (SSSR count). The quantitative estimate of drug-likeness (QED) is 0.383. The van der Waals surface area contributed by atoms with E-state index in [1.54, 1.807) is 0 Å². The van der Waals surface area contributed by atoms with Crippen LogP contribution in [0, 0.1) is 0 Å². The van der Waals surface area contributed by atoms with Gasteiger partial charge in [0.25, 0.3) is 0 Å². The van der Waals surface area contributed by atoms with Crippen molar-refractivity contribution in [1.82, 2.24) is 0 Å². The molecule has 0 aromatic heterocycles. The van der Waals surface area contributed by atoms with Crippen molar-refractivity contribution in [2.75, 3.05) is 0 Å². The molecule has 0 aromatic rings. The van der Waals surface area contributed by atoms with Crippen molar-refractivity contribution < 1.29 is 55.6 Å². The first kappa shape index (κ1) is 15.6. The smallest absolute Gasteiger partial charge is 0.324 e. The molecule has 6 heavy (non-hydrogen) atoms. The molecule has 2 radical (unpaired) electrons. The molecular formula is H3AgO3PV. The second kappa shape index (κ2) is 9.81. The fraction of sp³-hybridized carbons (Fsp3) is 0. The summed E-state index contributed by atoms with van der Waals surface area (Å²) in [7, 11) is -2.62. The number of rotatable bonds is 0. The summed E-state index contributed by atoms with van der Waals surface area (Å²) in [6.45, 7) is 0. The predicted molar refractivity (Wildman–Crippen MR) is 13.6 cm³/mol. The summed E-state index contributed by atoms with van der Waals surface area (Å²) in [5.74, 6) is 0. The second-order valence-electron chi connectivity index (χ2n) is 0.268. The first-order chi connectivity index (χ1) is 1.73. The van der Waals surface area contributed by atoms with E-state index in [1.807, 2.05) is 0 Å². The van der Waals surface area contributed by atoms with E-state index in [0.29, 0.717) is 0 Å². The average Bonchev–Trinajstić information content (AvgIpc) is 0.811. The fourth-order valence-corrected chi connectivity index (χ4v) is 0. The third-order valence-corrected chi connectivity index (χ3v) is 0. The molecule has 6 heteroatoms. The van der Waals surface area contributed by atoms with Crippen molar-refractivity contribution in [2.24, 2.45) is 0 Å². The second-order valence-corrected chi connectivity index (χ2v) is 0.805. The largest absolute Gasteiger partial charge is 0.328 e. The van der Waals surface area contributed by atoms with Crippen LogP contribution in [0.3, 0.4) is 0 Å². The van der Waals surface area contributed by atoms with Crippen LogP contribution in [0.25, 0.3) is 0 Å². The van der Waals surface area contributed by atoms with Crippen molar-refractivity contribution in [3.05, 3.63) is 0 Å². The summed E-state index contributed by atoms with van der Waals surface area (Å²) in [6.07, 6.45) is 0. The summed E-state index contributed by atoms with van der Waals surface area (Å²) >= 11 is 0. The average molecular weight is 241 g/mol. The standard InChI is InChI=1S/Ag.H3O3P.V/c;1-4(2)3;/h;1-3H;. The van der Waals surface area contributed by atoms with Gasteiger partial charge in [0, 0.05) is 40.9 Å². The van der Waals surface area contributed by atoms with Gasteiger partial charge in [0.2, 0.25) is 0 Å². The molecule has 0 saturated heterocycles. The van der Waals surface area contributed by atoms with Gasteiger partial charge in [-0.2, -0.15) is 0 Å². The first-order valence-electron chi connectivity index (χ1n) is 0.600. The van der Waals surface area contributed by atoms with Gasteiger partial charge in [-0.15, -0.1) is 0 Å². The van der Waals surface area contributed by atoms with Crippen LogP contribution in [0.2, 0.25) is 0 Å². The summed E-state index contributed by atoms with van der Waals surface area (Å²) in [6, 6.07) is 0. The molecule has 42 valence electrons. The topological polar surface area (TPSA) is 60.7 Å². The van der Waals surface area contributed by atoms with Gasteiger partial charge in [-0.25, -0.2) is 0 Å². The molecule has 0 atom stereocenters. The van der Waals surface area contributed by atoms with Gasteiger partial charge in [0.05, 0.1) is 0 Å². The predicted octanol–water partition coefficient (Wildman–Crippen LogP) is -0.815. The van der Waals surface area contributed by atoms with E-state index in [1.165, 1.54) is 0 Å². The number of hydrogen-bond acceptors (Lipinski definition) is 3. The van der Waals surface area contributed by atoms with E-state index in [2.05, 4.69) is 0 Å². The van der Waals surface area contributed by atoms with Crippen molar-refractivity contribution in [3.8, 4) is 0 Å². The van der Waals surface area contributed by atoms with E-state index in [4.69, 9.17) is 14.7 Å². The Morgan fingerprint density at radius 3 is 1.00 bits per heavy atom. The Labute approximate surface area is 64.2 Å². The zero-order valence-electron chi connectivity index (χ0n) is 2.54. The monoisotopic (exact) mass is 240 g/mol. The van der Waals surface area contributed by atoms with Gasteiger partial charge in [-0.1, -0.05) is 0 Å². The van der Waals surface area contributed by atoms with Crippen LogP contribution in [0.15, 0.2) is 0 Å². The Morgan fingerprint density at radius 2 is 1.00 bits per heavy atom. The van der Waals surface area contributed by atoms with Crippen LogP contribution in [-0.2, 0) is 40.9 Å². The van der Waals surface area contributed by atoms with Gasteiger partial charge >= 0.3 is 8.60 Å². The van der Waals surface area contributed by atoms with Crippen molar-refractivity contribution in [1.29, 1.82) is 0 Å². The molecule has 3 nitrogen and oxygen atoms in total. The Bertz CT molecular complexity index is 15.5. The zero-order chi connectivity index (χ0) is 3.58. The molecule has 0 amide bonds. The normalized spacial score (nSPS) is 6.00. The van der Waals surface area contributed by atoms with Crippen LogP contribution in [0.5, 0.6) is 0 Å². The van der Waals surface area contributed by atoms with E-state index >= 15 is 0 Å². The molecule has 0 unspecified atom stereocenters. The Morgan fingerprint density at radius 1 is 1.00 bits per heavy atom. The third-order valence-electron chi connectivity index (χ3n) is 0.